The van der Waals surface area contributed by atoms with Crippen LogP contribution in [0.2, 0.25) is 0 Å². The third-order valence-corrected chi connectivity index (χ3v) is 2.45. The predicted octanol–water partition coefficient (Wildman–Crippen LogP) is 2.04. The molecule has 96 valence electrons. The van der Waals surface area contributed by atoms with Gasteiger partial charge in [0.2, 0.25) is 5.91 Å². The van der Waals surface area contributed by atoms with Gasteiger partial charge in [0.05, 0.1) is 13.0 Å². The Morgan fingerprint density at radius 1 is 1.50 bits per heavy atom. The lowest BCUT2D eigenvalue weighted by Gasteiger charge is -2.23. The average molecular weight is 262 g/mol. The van der Waals surface area contributed by atoms with E-state index in [0.29, 0.717) is 0 Å². The van der Waals surface area contributed by atoms with Crippen LogP contribution in [0.25, 0.3) is 0 Å². The first kappa shape index (κ1) is 15.5. The lowest BCUT2D eigenvalue weighted by atomic mass is 10.3. The van der Waals surface area contributed by atoms with Gasteiger partial charge in [0.1, 0.15) is 6.61 Å². The third kappa shape index (κ3) is 6.90. The van der Waals surface area contributed by atoms with Crippen molar-refractivity contribution >= 4 is 17.5 Å². The minimum absolute atomic E-state index is 0.0756. The van der Waals surface area contributed by atoms with Crippen molar-refractivity contribution in [1.29, 1.82) is 0 Å². The summed E-state index contributed by atoms with van der Waals surface area (Å²) >= 11 is 5.54. The fourth-order valence-electron chi connectivity index (χ4n) is 0.873. The van der Waals surface area contributed by atoms with Crippen molar-refractivity contribution in [1.82, 2.24) is 4.90 Å². The molecule has 0 aromatic heterocycles. The molecule has 0 fully saturated rings. The molecule has 0 aromatic carbocycles. The van der Waals surface area contributed by atoms with Gasteiger partial charge in [-0.25, -0.2) is 0 Å². The highest BCUT2D eigenvalue weighted by molar-refractivity contribution is 6.18. The van der Waals surface area contributed by atoms with Crippen LogP contribution in [-0.4, -0.2) is 49.2 Å². The van der Waals surface area contributed by atoms with Crippen LogP contribution in [-0.2, 0) is 9.53 Å². The zero-order valence-corrected chi connectivity index (χ0v) is 9.94. The maximum Gasteiger partial charge on any atom is 0.411 e. The van der Waals surface area contributed by atoms with E-state index in [0.717, 1.165) is 0 Å². The molecule has 0 aliphatic rings. The van der Waals surface area contributed by atoms with Gasteiger partial charge in [-0.15, -0.1) is 11.6 Å². The zero-order chi connectivity index (χ0) is 12.8. The second-order valence-electron chi connectivity index (χ2n) is 3.43. The predicted molar refractivity (Wildman–Crippen MR) is 54.4 cm³/mol. The smallest absolute Gasteiger partial charge is 0.372 e. The molecule has 16 heavy (non-hydrogen) atoms. The molecule has 7 heteroatoms. The van der Waals surface area contributed by atoms with Crippen molar-refractivity contribution < 1.29 is 22.7 Å². The molecular formula is C9H15ClF3NO2. The molecule has 0 aromatic rings. The van der Waals surface area contributed by atoms with Gasteiger partial charge >= 0.3 is 6.18 Å². The fourth-order valence-corrected chi connectivity index (χ4v) is 1.08. The molecule has 1 amide bonds. The number of carbonyl (C=O) groups is 1. The van der Waals surface area contributed by atoms with Crippen molar-refractivity contribution in [3.63, 3.8) is 0 Å². The van der Waals surface area contributed by atoms with Crippen LogP contribution in [0.5, 0.6) is 0 Å². The lowest BCUT2D eigenvalue weighted by molar-refractivity contribution is -0.175. The number of hydrogen-bond acceptors (Lipinski definition) is 2. The lowest BCUT2D eigenvalue weighted by Crippen LogP contribution is -2.36. The molecule has 0 spiro atoms. The Hall–Kier alpha value is -0.490. The average Bonchev–Trinajstić information content (AvgIpc) is 2.20. The first-order valence-electron chi connectivity index (χ1n) is 4.74. The quantitative estimate of drug-likeness (QED) is 0.541. The molecular weight excluding hydrogens is 247 g/mol. The molecule has 0 aliphatic carbocycles. The van der Waals surface area contributed by atoms with Gasteiger partial charge in [-0.2, -0.15) is 13.2 Å². The van der Waals surface area contributed by atoms with Crippen LogP contribution in [0, 0.1) is 0 Å². The summed E-state index contributed by atoms with van der Waals surface area (Å²) in [4.78, 5) is 12.8. The highest BCUT2D eigenvalue weighted by Gasteiger charge is 2.27. The Morgan fingerprint density at radius 3 is 2.50 bits per heavy atom. The van der Waals surface area contributed by atoms with Gasteiger partial charge in [0, 0.05) is 19.0 Å². The summed E-state index contributed by atoms with van der Waals surface area (Å²) in [5.74, 6) is 0.00127. The van der Waals surface area contributed by atoms with Gasteiger partial charge in [0.15, 0.2) is 0 Å². The first-order valence-corrected chi connectivity index (χ1v) is 5.27. The summed E-state index contributed by atoms with van der Waals surface area (Å²) in [6, 6.07) is -0.142. The molecule has 1 atom stereocenters. The van der Waals surface area contributed by atoms with Gasteiger partial charge in [0.25, 0.3) is 0 Å². The second-order valence-corrected chi connectivity index (χ2v) is 3.73. The van der Waals surface area contributed by atoms with E-state index in [2.05, 4.69) is 4.74 Å². The number of carbonyl (C=O) groups excluding carboxylic acids is 1. The summed E-state index contributed by atoms with van der Waals surface area (Å²) in [5, 5.41) is 0. The number of nitrogens with zero attached hydrogens (tertiary/aromatic N) is 1. The van der Waals surface area contributed by atoms with E-state index in [4.69, 9.17) is 11.6 Å². The fraction of sp³-hybridized carbons (Fsp3) is 0.889. The molecule has 0 radical (unpaired) electrons. The zero-order valence-electron chi connectivity index (χ0n) is 9.18. The van der Waals surface area contributed by atoms with Crippen LogP contribution in [0.3, 0.4) is 0 Å². The minimum atomic E-state index is -4.35. The number of alkyl halides is 4. The van der Waals surface area contributed by atoms with E-state index < -0.39 is 12.8 Å². The molecule has 0 heterocycles. The summed E-state index contributed by atoms with van der Waals surface area (Å²) in [7, 11) is 1.55. The number of rotatable bonds is 6. The maximum absolute atomic E-state index is 11.7. The van der Waals surface area contributed by atoms with E-state index >= 15 is 0 Å². The Labute approximate surface area is 97.5 Å². The van der Waals surface area contributed by atoms with Crippen LogP contribution < -0.4 is 0 Å². The van der Waals surface area contributed by atoms with Crippen LogP contribution in [0.15, 0.2) is 0 Å². The molecule has 3 nitrogen and oxygen atoms in total. The number of ether oxygens (including phenoxy) is 1. The summed E-state index contributed by atoms with van der Waals surface area (Å²) in [5.41, 5.74) is 0. The van der Waals surface area contributed by atoms with Crippen LogP contribution in [0.4, 0.5) is 13.2 Å². The molecule has 0 rings (SSSR count). The van der Waals surface area contributed by atoms with E-state index in [1.54, 1.807) is 14.0 Å². The first-order chi connectivity index (χ1) is 7.28. The molecule has 0 saturated carbocycles. The Balaban J connectivity index is 3.74. The van der Waals surface area contributed by atoms with Crippen molar-refractivity contribution in [2.45, 2.75) is 25.6 Å². The normalized spacial score (nSPS) is 13.6. The van der Waals surface area contributed by atoms with Gasteiger partial charge in [-0.1, -0.05) is 0 Å². The topological polar surface area (TPSA) is 29.5 Å². The number of amides is 1. The third-order valence-electron chi connectivity index (χ3n) is 2.00. The van der Waals surface area contributed by atoms with E-state index in [1.165, 1.54) is 4.90 Å². The summed E-state index contributed by atoms with van der Waals surface area (Å²) in [6.07, 6.45) is -4.42. The standard InChI is InChI=1S/C9H15ClF3NO2/c1-7(5-10)14(2)8(15)3-4-16-6-9(11,12)13/h7H,3-6H2,1-2H3. The maximum atomic E-state index is 11.7. The van der Waals surface area contributed by atoms with E-state index in [-0.39, 0.29) is 30.9 Å². The van der Waals surface area contributed by atoms with Crippen LogP contribution in [0.1, 0.15) is 13.3 Å². The van der Waals surface area contributed by atoms with Gasteiger partial charge < -0.3 is 9.64 Å². The SMILES string of the molecule is CC(CCl)N(C)C(=O)CCOCC(F)(F)F. The Kier molecular flexibility index (Phi) is 6.74. The highest BCUT2D eigenvalue weighted by Crippen LogP contribution is 2.14. The molecule has 0 bridgehead atoms. The Morgan fingerprint density at radius 2 is 2.06 bits per heavy atom. The van der Waals surface area contributed by atoms with Crippen LogP contribution >= 0.6 is 11.6 Å². The van der Waals surface area contributed by atoms with Crippen molar-refractivity contribution in [3.05, 3.63) is 0 Å². The molecule has 0 aliphatic heterocycles. The van der Waals surface area contributed by atoms with Gasteiger partial charge in [-0.3, -0.25) is 4.79 Å². The highest BCUT2D eigenvalue weighted by atomic mass is 35.5. The van der Waals surface area contributed by atoms with Gasteiger partial charge in [-0.05, 0) is 6.92 Å². The summed E-state index contributed by atoms with van der Waals surface area (Å²) in [6.45, 7) is 0.189. The molecule has 0 saturated heterocycles. The summed E-state index contributed by atoms with van der Waals surface area (Å²) < 4.78 is 39.4. The Bertz CT molecular complexity index is 223. The van der Waals surface area contributed by atoms with E-state index in [9.17, 15) is 18.0 Å². The largest absolute Gasteiger partial charge is 0.411 e. The minimum Gasteiger partial charge on any atom is -0.372 e. The van der Waals surface area contributed by atoms with Crippen molar-refractivity contribution in [3.8, 4) is 0 Å². The second kappa shape index (κ2) is 6.96. The molecule has 1 unspecified atom stereocenters. The number of halogens is 4. The van der Waals surface area contributed by atoms with Crippen molar-refractivity contribution in [2.24, 2.45) is 0 Å². The molecule has 0 N–H and O–H groups in total. The number of hydrogen-bond donors (Lipinski definition) is 0. The monoisotopic (exact) mass is 261 g/mol. The van der Waals surface area contributed by atoms with E-state index in [1.807, 2.05) is 0 Å². The van der Waals surface area contributed by atoms with Crippen molar-refractivity contribution in [2.75, 3.05) is 26.1 Å².